The lowest BCUT2D eigenvalue weighted by Crippen LogP contribution is -2.09. The maximum Gasteiger partial charge on any atom is 0.336 e. The molecule has 5 aromatic carbocycles. The first-order valence-corrected chi connectivity index (χ1v) is 14.2. The summed E-state index contributed by atoms with van der Waals surface area (Å²) in [5.41, 5.74) is 8.73. The van der Waals surface area contributed by atoms with E-state index in [1.165, 1.54) is 6.07 Å². The van der Waals surface area contributed by atoms with Crippen LogP contribution in [0.15, 0.2) is 97.1 Å². The average Bonchev–Trinajstić information content (AvgIpc) is 3.50. The zero-order valence-corrected chi connectivity index (χ0v) is 24.1. The Hall–Kier alpha value is -5.11. The predicted molar refractivity (Wildman–Crippen MR) is 168 cm³/mol. The average molecular weight is 603 g/mol. The van der Waals surface area contributed by atoms with Gasteiger partial charge in [0.05, 0.1) is 33.3 Å². The fourth-order valence-electron chi connectivity index (χ4n) is 5.77. The van der Waals surface area contributed by atoms with Gasteiger partial charge in [-0.15, -0.1) is 0 Å². The first-order chi connectivity index (χ1) is 20.9. The van der Waals surface area contributed by atoms with Gasteiger partial charge in [-0.25, -0.2) is 14.3 Å². The highest BCUT2D eigenvalue weighted by Gasteiger charge is 2.29. The zero-order chi connectivity index (χ0) is 29.4. The summed E-state index contributed by atoms with van der Waals surface area (Å²) >= 11 is 13.1. The number of hydrogen-bond acceptors (Lipinski definition) is 4. The molecule has 0 saturated heterocycles. The van der Waals surface area contributed by atoms with Crippen molar-refractivity contribution in [1.82, 2.24) is 19.1 Å². The summed E-state index contributed by atoms with van der Waals surface area (Å²) in [4.78, 5) is 21.7. The monoisotopic (exact) mass is 602 g/mol. The van der Waals surface area contributed by atoms with Crippen LogP contribution in [0.5, 0.6) is 11.8 Å². The summed E-state index contributed by atoms with van der Waals surface area (Å²) in [6.07, 6.45) is 0. The minimum atomic E-state index is -1.04. The third kappa shape index (κ3) is 4.00. The van der Waals surface area contributed by atoms with E-state index < -0.39 is 5.97 Å². The van der Waals surface area contributed by atoms with Crippen molar-refractivity contribution in [1.29, 1.82) is 0 Å². The molecule has 0 unspecified atom stereocenters. The zero-order valence-electron chi connectivity index (χ0n) is 22.5. The number of rotatable bonds is 5. The first kappa shape index (κ1) is 25.6. The number of nitrogens with zero attached hydrogens (tertiary/aromatic N) is 4. The third-order valence-electron chi connectivity index (χ3n) is 7.78. The number of carboxylic acids is 1. The van der Waals surface area contributed by atoms with E-state index in [2.05, 4.69) is 34.9 Å². The third-order valence-corrected chi connectivity index (χ3v) is 8.23. The fourth-order valence-corrected chi connectivity index (χ4v) is 6.15. The summed E-state index contributed by atoms with van der Waals surface area (Å²) < 4.78 is 10.2. The normalized spacial score (nSPS) is 11.8. The van der Waals surface area contributed by atoms with Crippen molar-refractivity contribution < 1.29 is 14.6 Å². The van der Waals surface area contributed by atoms with E-state index in [0.717, 1.165) is 39.0 Å². The van der Waals surface area contributed by atoms with Crippen molar-refractivity contribution >= 4 is 51.2 Å². The van der Waals surface area contributed by atoms with Crippen LogP contribution in [0.3, 0.4) is 0 Å². The van der Waals surface area contributed by atoms with Crippen molar-refractivity contribution in [3.05, 3.63) is 118 Å². The number of aryl methyl sites for hydroxylation is 1. The van der Waals surface area contributed by atoms with Gasteiger partial charge < -0.3 is 9.84 Å². The lowest BCUT2D eigenvalue weighted by molar-refractivity contribution is 0.0695. The van der Waals surface area contributed by atoms with Crippen LogP contribution in [0.1, 0.15) is 15.9 Å². The van der Waals surface area contributed by atoms with Crippen LogP contribution in [0.2, 0.25) is 10.0 Å². The Balaban J connectivity index is 1.40. The molecule has 208 valence electrons. The minimum Gasteiger partial charge on any atom is -0.478 e. The number of ether oxygens (including phenoxy) is 1. The smallest absolute Gasteiger partial charge is 0.336 e. The molecule has 1 N–H and O–H groups in total. The molecule has 1 aliphatic heterocycles. The molecule has 1 aliphatic rings. The molecule has 0 fully saturated rings. The standard InChI is InChI=1S/C34H20Cl2N4O3/c1-18-7-10-23(17-25(18)32(41)42)43-34-37-27-12-9-21(35)15-29(27)40(34)33-38-31-26-14-22(36)16-30(31)39(33)28-13-20(8-11-24(26)28)19-5-3-2-4-6-19/h2-17H,1H3,(H,41,42). The Labute approximate surface area is 255 Å². The second-order valence-electron chi connectivity index (χ2n) is 10.4. The molecule has 0 atom stereocenters. The molecule has 0 aliphatic carbocycles. The summed E-state index contributed by atoms with van der Waals surface area (Å²) in [5, 5.41) is 10.8. The maximum atomic E-state index is 11.8. The molecule has 8 rings (SSSR count). The predicted octanol–water partition coefficient (Wildman–Crippen LogP) is 9.12. The van der Waals surface area contributed by atoms with Gasteiger partial charge in [0.25, 0.3) is 0 Å². The number of aromatic nitrogens is 4. The molecule has 3 heterocycles. The van der Waals surface area contributed by atoms with Gasteiger partial charge in [-0.2, -0.15) is 4.98 Å². The van der Waals surface area contributed by atoms with E-state index in [4.69, 9.17) is 37.9 Å². The van der Waals surface area contributed by atoms with E-state index in [0.29, 0.717) is 38.3 Å². The molecule has 7 aromatic rings. The lowest BCUT2D eigenvalue weighted by Gasteiger charge is -2.20. The van der Waals surface area contributed by atoms with Gasteiger partial charge in [0.2, 0.25) is 5.95 Å². The van der Waals surface area contributed by atoms with Crippen LogP contribution < -0.4 is 4.74 Å². The quantitative estimate of drug-likeness (QED) is 0.212. The molecular weight excluding hydrogens is 583 g/mol. The van der Waals surface area contributed by atoms with E-state index in [9.17, 15) is 9.90 Å². The summed E-state index contributed by atoms with van der Waals surface area (Å²) in [7, 11) is 0. The second kappa shape index (κ2) is 9.46. The van der Waals surface area contributed by atoms with Gasteiger partial charge in [0.15, 0.2) is 0 Å². The molecule has 0 radical (unpaired) electrons. The molecule has 7 nitrogen and oxygen atoms in total. The van der Waals surface area contributed by atoms with Crippen molar-refractivity contribution in [3.8, 4) is 45.6 Å². The van der Waals surface area contributed by atoms with Gasteiger partial charge in [-0.1, -0.05) is 71.7 Å². The van der Waals surface area contributed by atoms with Crippen LogP contribution in [-0.2, 0) is 0 Å². The topological polar surface area (TPSA) is 82.2 Å². The number of carboxylic acid groups (broad SMARTS) is 1. The van der Waals surface area contributed by atoms with Crippen molar-refractivity contribution in [2.24, 2.45) is 0 Å². The highest BCUT2D eigenvalue weighted by Crippen LogP contribution is 2.45. The van der Waals surface area contributed by atoms with E-state index in [1.807, 2.05) is 47.0 Å². The number of benzene rings is 5. The van der Waals surface area contributed by atoms with Gasteiger partial charge in [-0.05, 0) is 72.1 Å². The van der Waals surface area contributed by atoms with Crippen LogP contribution >= 0.6 is 23.2 Å². The number of fused-ring (bicyclic) bond motifs is 4. The molecular formula is C34H20Cl2N4O3. The summed E-state index contributed by atoms with van der Waals surface area (Å²) in [6.45, 7) is 1.74. The molecule has 9 heteroatoms. The minimum absolute atomic E-state index is 0.148. The number of aromatic carboxylic acids is 1. The van der Waals surface area contributed by atoms with Crippen LogP contribution in [0, 0.1) is 6.92 Å². The van der Waals surface area contributed by atoms with Gasteiger partial charge in [-0.3, -0.25) is 4.57 Å². The lowest BCUT2D eigenvalue weighted by atomic mass is 9.95. The summed E-state index contributed by atoms with van der Waals surface area (Å²) in [6, 6.07) is 30.9. The molecule has 2 aromatic heterocycles. The molecule has 0 amide bonds. The number of pyridine rings is 1. The Kier molecular flexibility index (Phi) is 5.63. The largest absolute Gasteiger partial charge is 0.478 e. The molecule has 43 heavy (non-hydrogen) atoms. The van der Waals surface area contributed by atoms with Gasteiger partial charge in [0.1, 0.15) is 5.75 Å². The van der Waals surface area contributed by atoms with E-state index in [1.54, 1.807) is 25.1 Å². The molecule has 0 spiro atoms. The van der Waals surface area contributed by atoms with E-state index >= 15 is 0 Å². The number of carbonyl (C=O) groups is 1. The maximum absolute atomic E-state index is 11.8. The van der Waals surface area contributed by atoms with Crippen LogP contribution in [0.4, 0.5) is 0 Å². The van der Waals surface area contributed by atoms with Crippen LogP contribution in [0.25, 0.3) is 56.0 Å². The molecule has 4 bridgehead atoms. The van der Waals surface area contributed by atoms with E-state index in [-0.39, 0.29) is 11.6 Å². The SMILES string of the molecule is Cc1ccc(Oc2nc3ccc(Cl)cc3n2-c2nc3c4cc(Cl)cc3n2-c2cc(-c3ccccc3)ccc2-4)cc1C(=O)O. The second-order valence-corrected chi connectivity index (χ2v) is 11.3. The number of halogens is 2. The fraction of sp³-hybridized carbons (Fsp3) is 0.0294. The van der Waals surface area contributed by atoms with Gasteiger partial charge in [0, 0.05) is 21.2 Å². The van der Waals surface area contributed by atoms with Crippen LogP contribution in [-0.4, -0.2) is 30.2 Å². The Morgan fingerprint density at radius 2 is 1.58 bits per heavy atom. The number of hydrogen-bond donors (Lipinski definition) is 1. The number of imidazole rings is 2. The Morgan fingerprint density at radius 3 is 2.40 bits per heavy atom. The first-order valence-electron chi connectivity index (χ1n) is 13.5. The highest BCUT2D eigenvalue weighted by atomic mass is 35.5. The molecule has 0 saturated carbocycles. The highest BCUT2D eigenvalue weighted by molar-refractivity contribution is 6.32. The van der Waals surface area contributed by atoms with Crippen molar-refractivity contribution in [2.75, 3.05) is 0 Å². The summed E-state index contributed by atoms with van der Waals surface area (Å²) in [5.74, 6) is -0.169. The van der Waals surface area contributed by atoms with Crippen molar-refractivity contribution in [2.45, 2.75) is 6.92 Å². The Bertz CT molecular complexity index is 2290. The van der Waals surface area contributed by atoms with Gasteiger partial charge >= 0.3 is 12.0 Å². The van der Waals surface area contributed by atoms with Crippen molar-refractivity contribution in [3.63, 3.8) is 0 Å². The Morgan fingerprint density at radius 1 is 0.767 bits per heavy atom.